The second-order valence-electron chi connectivity index (χ2n) is 6.41. The van der Waals surface area contributed by atoms with Crippen molar-refractivity contribution in [1.82, 2.24) is 4.31 Å². The van der Waals surface area contributed by atoms with Crippen LogP contribution in [0.4, 0.5) is 0 Å². The first-order valence-electron chi connectivity index (χ1n) is 6.79. The van der Waals surface area contributed by atoms with E-state index in [1.165, 1.54) is 4.31 Å². The molecule has 1 N–H and O–H groups in total. The number of benzene rings is 1. The number of hydrogen-bond donors (Lipinski definition) is 1. The molecule has 0 atom stereocenters. The van der Waals surface area contributed by atoms with Crippen LogP contribution >= 0.6 is 0 Å². The summed E-state index contributed by atoms with van der Waals surface area (Å²) in [7, 11) is -3.22. The summed E-state index contributed by atoms with van der Waals surface area (Å²) >= 11 is 0. The minimum Gasteiger partial charge on any atom is -0.391 e. The second-order valence-corrected chi connectivity index (χ2v) is 8.35. The molecule has 114 valence electrons. The van der Waals surface area contributed by atoms with Crippen LogP contribution in [0, 0.1) is 12.8 Å². The summed E-state index contributed by atoms with van der Waals surface area (Å²) in [4.78, 5) is 0.403. The van der Waals surface area contributed by atoms with Crippen LogP contribution < -0.4 is 0 Å². The quantitative estimate of drug-likeness (QED) is 0.912. The van der Waals surface area contributed by atoms with E-state index in [1.807, 2.05) is 19.1 Å². The fraction of sp³-hybridized carbons (Fsp3) is 0.600. The number of hydrogen-bond acceptors (Lipinski definition) is 3. The van der Waals surface area contributed by atoms with Gasteiger partial charge in [0.15, 0.2) is 0 Å². The first-order chi connectivity index (χ1) is 9.00. The number of nitrogens with zero attached hydrogens (tertiary/aromatic N) is 1. The Labute approximate surface area is 122 Å². The van der Waals surface area contributed by atoms with Gasteiger partial charge in [-0.3, -0.25) is 0 Å². The predicted octanol–water partition coefficient (Wildman–Crippen LogP) is 2.41. The lowest BCUT2D eigenvalue weighted by molar-refractivity contribution is 0.102. The molecule has 1 aliphatic heterocycles. The molecule has 0 aliphatic carbocycles. The van der Waals surface area contributed by atoms with E-state index in [0.717, 1.165) is 5.56 Å². The van der Waals surface area contributed by atoms with Crippen molar-refractivity contribution >= 4 is 10.0 Å². The SMILES string of the molecule is CC(C)(C)O.Cc1ccc(S(=O)(=O)N2CC(C)C2)cc1. The summed E-state index contributed by atoms with van der Waals surface area (Å²) in [6, 6.07) is 7.01. The largest absolute Gasteiger partial charge is 0.391 e. The highest BCUT2D eigenvalue weighted by molar-refractivity contribution is 7.89. The number of aryl methyl sites for hydroxylation is 1. The maximum atomic E-state index is 12.0. The van der Waals surface area contributed by atoms with Crippen molar-refractivity contribution in [2.45, 2.75) is 45.1 Å². The molecule has 0 bridgehead atoms. The first kappa shape index (κ1) is 17.1. The van der Waals surface area contributed by atoms with E-state index < -0.39 is 15.6 Å². The molecule has 0 radical (unpaired) electrons. The van der Waals surface area contributed by atoms with Crippen LogP contribution in [0.3, 0.4) is 0 Å². The van der Waals surface area contributed by atoms with Crippen LogP contribution in [0.1, 0.15) is 33.3 Å². The molecule has 1 aliphatic rings. The minimum atomic E-state index is -3.22. The predicted molar refractivity (Wildman–Crippen MR) is 81.1 cm³/mol. The smallest absolute Gasteiger partial charge is 0.243 e. The molecule has 4 nitrogen and oxygen atoms in total. The van der Waals surface area contributed by atoms with Gasteiger partial charge in [0.05, 0.1) is 10.5 Å². The molecule has 1 aromatic carbocycles. The Bertz CT molecular complexity index is 517. The van der Waals surface area contributed by atoms with Crippen molar-refractivity contribution in [3.05, 3.63) is 29.8 Å². The maximum absolute atomic E-state index is 12.0. The van der Waals surface area contributed by atoms with E-state index in [-0.39, 0.29) is 0 Å². The lowest BCUT2D eigenvalue weighted by Gasteiger charge is -2.35. The molecule has 0 aromatic heterocycles. The van der Waals surface area contributed by atoms with Crippen molar-refractivity contribution in [3.63, 3.8) is 0 Å². The summed E-state index contributed by atoms with van der Waals surface area (Å²) in [6.07, 6.45) is 0. The molecule has 0 unspecified atom stereocenters. The van der Waals surface area contributed by atoms with E-state index >= 15 is 0 Å². The van der Waals surface area contributed by atoms with Gasteiger partial charge in [0.25, 0.3) is 0 Å². The normalized spacial score (nSPS) is 17.1. The molecule has 2 rings (SSSR count). The Morgan fingerprint density at radius 1 is 1.15 bits per heavy atom. The first-order valence-corrected chi connectivity index (χ1v) is 8.23. The highest BCUT2D eigenvalue weighted by Crippen LogP contribution is 2.24. The van der Waals surface area contributed by atoms with Gasteiger partial charge in [-0.05, 0) is 45.7 Å². The van der Waals surface area contributed by atoms with Crippen LogP contribution in [0.5, 0.6) is 0 Å². The highest BCUT2D eigenvalue weighted by atomic mass is 32.2. The summed E-state index contributed by atoms with van der Waals surface area (Å²) in [5.41, 5.74) is 0.575. The molecule has 20 heavy (non-hydrogen) atoms. The Balaban J connectivity index is 0.000000347. The number of aliphatic hydroxyl groups is 1. The van der Waals surface area contributed by atoms with Gasteiger partial charge in [-0.1, -0.05) is 24.6 Å². The highest BCUT2D eigenvalue weighted by Gasteiger charge is 2.33. The van der Waals surface area contributed by atoms with Crippen molar-refractivity contribution in [2.24, 2.45) is 5.92 Å². The maximum Gasteiger partial charge on any atom is 0.243 e. The van der Waals surface area contributed by atoms with Crippen LogP contribution in [0.15, 0.2) is 29.2 Å². The minimum absolute atomic E-state index is 0.403. The standard InChI is InChI=1S/C11H15NO2S.C4H10O/c1-9-3-5-11(6-4-9)15(13,14)12-7-10(2)8-12;1-4(2,3)5/h3-6,10H,7-8H2,1-2H3;5H,1-3H3. The Kier molecular flexibility index (Phi) is 5.35. The van der Waals surface area contributed by atoms with Gasteiger partial charge >= 0.3 is 0 Å². The lowest BCUT2D eigenvalue weighted by Crippen LogP contribution is -2.48. The van der Waals surface area contributed by atoms with Gasteiger partial charge in [0.2, 0.25) is 10.0 Å². The van der Waals surface area contributed by atoms with Crippen LogP contribution in [-0.4, -0.2) is 36.5 Å². The summed E-state index contributed by atoms with van der Waals surface area (Å²) < 4.78 is 25.5. The molecule has 1 heterocycles. The third-order valence-corrected chi connectivity index (χ3v) is 4.54. The van der Waals surface area contributed by atoms with Crippen molar-refractivity contribution in [3.8, 4) is 0 Å². The third kappa shape index (κ3) is 5.23. The van der Waals surface area contributed by atoms with E-state index in [0.29, 0.717) is 23.9 Å². The zero-order valence-electron chi connectivity index (χ0n) is 12.9. The van der Waals surface area contributed by atoms with Crippen molar-refractivity contribution in [2.75, 3.05) is 13.1 Å². The zero-order valence-corrected chi connectivity index (χ0v) is 13.7. The number of sulfonamides is 1. The fourth-order valence-electron chi connectivity index (χ4n) is 1.70. The molecule has 0 spiro atoms. The topological polar surface area (TPSA) is 57.6 Å². The molecule has 1 aromatic rings. The molecule has 0 saturated carbocycles. The van der Waals surface area contributed by atoms with E-state index in [9.17, 15) is 8.42 Å². The second kappa shape index (κ2) is 6.24. The molecule has 5 heteroatoms. The molecule has 0 amide bonds. The summed E-state index contributed by atoms with van der Waals surface area (Å²) in [6.45, 7) is 10.5. The fourth-order valence-corrected chi connectivity index (χ4v) is 3.38. The molecule has 1 fully saturated rings. The summed E-state index contributed by atoms with van der Waals surface area (Å²) in [5, 5.41) is 8.52. The molecular formula is C15H25NO3S. The van der Waals surface area contributed by atoms with Crippen LogP contribution in [0.2, 0.25) is 0 Å². The third-order valence-electron chi connectivity index (χ3n) is 2.69. The average molecular weight is 299 g/mol. The lowest BCUT2D eigenvalue weighted by atomic mass is 10.1. The van der Waals surface area contributed by atoms with Crippen LogP contribution in [-0.2, 0) is 10.0 Å². The van der Waals surface area contributed by atoms with E-state index in [2.05, 4.69) is 6.92 Å². The van der Waals surface area contributed by atoms with Crippen LogP contribution in [0.25, 0.3) is 0 Å². The molecule has 1 saturated heterocycles. The van der Waals surface area contributed by atoms with Gasteiger partial charge in [-0.15, -0.1) is 0 Å². The van der Waals surface area contributed by atoms with Gasteiger partial charge in [-0.25, -0.2) is 8.42 Å². The van der Waals surface area contributed by atoms with Crippen molar-refractivity contribution < 1.29 is 13.5 Å². The number of rotatable bonds is 2. The Morgan fingerprint density at radius 3 is 1.90 bits per heavy atom. The zero-order chi connectivity index (χ0) is 15.6. The Morgan fingerprint density at radius 2 is 1.55 bits per heavy atom. The van der Waals surface area contributed by atoms with E-state index in [4.69, 9.17) is 5.11 Å². The van der Waals surface area contributed by atoms with Gasteiger partial charge in [-0.2, -0.15) is 4.31 Å². The van der Waals surface area contributed by atoms with Gasteiger partial charge < -0.3 is 5.11 Å². The van der Waals surface area contributed by atoms with Gasteiger partial charge in [0, 0.05) is 13.1 Å². The Hall–Kier alpha value is -0.910. The average Bonchev–Trinajstić information content (AvgIpc) is 2.23. The monoisotopic (exact) mass is 299 g/mol. The summed E-state index contributed by atoms with van der Waals surface area (Å²) in [5.74, 6) is 0.491. The van der Waals surface area contributed by atoms with Gasteiger partial charge in [0.1, 0.15) is 0 Å². The van der Waals surface area contributed by atoms with Crippen molar-refractivity contribution in [1.29, 1.82) is 0 Å². The molecular weight excluding hydrogens is 274 g/mol. The van der Waals surface area contributed by atoms with E-state index in [1.54, 1.807) is 32.9 Å².